The lowest BCUT2D eigenvalue weighted by Crippen LogP contribution is -2.16. The average molecular weight is 378 g/mol. The van der Waals surface area contributed by atoms with Crippen molar-refractivity contribution in [2.24, 2.45) is 0 Å². The fraction of sp³-hybridized carbons (Fsp3) is 0.0952. The SMILES string of the molecule is Cc1cc(NC(=O)c2c(C)nc3ccc(Cl)cc3c2-c2ccccc2)no1. The Labute approximate surface area is 161 Å². The molecule has 4 rings (SSSR count). The summed E-state index contributed by atoms with van der Waals surface area (Å²) in [7, 11) is 0. The number of anilines is 1. The van der Waals surface area contributed by atoms with Crippen LogP contribution in [0.4, 0.5) is 5.82 Å². The van der Waals surface area contributed by atoms with E-state index in [2.05, 4.69) is 15.5 Å². The monoisotopic (exact) mass is 377 g/mol. The van der Waals surface area contributed by atoms with Crippen molar-refractivity contribution in [2.75, 3.05) is 5.32 Å². The van der Waals surface area contributed by atoms with E-state index in [0.717, 1.165) is 22.0 Å². The first-order valence-electron chi connectivity index (χ1n) is 8.43. The molecule has 4 aromatic rings. The summed E-state index contributed by atoms with van der Waals surface area (Å²) in [5.74, 6) is 0.685. The molecule has 2 aromatic carbocycles. The Kier molecular flexibility index (Phi) is 4.38. The van der Waals surface area contributed by atoms with Crippen molar-refractivity contribution in [3.63, 3.8) is 0 Å². The van der Waals surface area contributed by atoms with Crippen LogP contribution in [0.5, 0.6) is 0 Å². The fourth-order valence-electron chi connectivity index (χ4n) is 3.14. The van der Waals surface area contributed by atoms with Gasteiger partial charge in [-0.3, -0.25) is 9.78 Å². The van der Waals surface area contributed by atoms with Crippen LogP contribution in [0.15, 0.2) is 59.1 Å². The number of carbonyl (C=O) groups is 1. The first kappa shape index (κ1) is 17.2. The minimum Gasteiger partial charge on any atom is -0.360 e. The molecule has 0 radical (unpaired) electrons. The predicted molar refractivity (Wildman–Crippen MR) is 106 cm³/mol. The number of benzene rings is 2. The van der Waals surface area contributed by atoms with Crippen LogP contribution in [0.3, 0.4) is 0 Å². The number of rotatable bonds is 3. The Balaban J connectivity index is 1.95. The first-order chi connectivity index (χ1) is 13.0. The van der Waals surface area contributed by atoms with Gasteiger partial charge in [-0.25, -0.2) is 0 Å². The molecule has 134 valence electrons. The quantitative estimate of drug-likeness (QED) is 0.518. The highest BCUT2D eigenvalue weighted by Crippen LogP contribution is 2.34. The highest BCUT2D eigenvalue weighted by atomic mass is 35.5. The lowest BCUT2D eigenvalue weighted by molar-refractivity contribution is 0.102. The minimum atomic E-state index is -0.297. The van der Waals surface area contributed by atoms with Gasteiger partial charge in [0.15, 0.2) is 5.82 Å². The summed E-state index contributed by atoms with van der Waals surface area (Å²) in [4.78, 5) is 17.7. The molecule has 0 atom stereocenters. The molecule has 6 heteroatoms. The number of amides is 1. The van der Waals surface area contributed by atoms with Crippen LogP contribution in [0, 0.1) is 13.8 Å². The molecule has 5 nitrogen and oxygen atoms in total. The standard InChI is InChI=1S/C21H16ClN3O2/c1-12-10-18(25-27-12)24-21(26)19-13(2)23-17-9-8-15(22)11-16(17)20(19)14-6-4-3-5-7-14/h3-11H,1-2H3,(H,24,25,26). The molecule has 0 aliphatic rings. The molecule has 0 saturated carbocycles. The third-order valence-electron chi connectivity index (χ3n) is 4.29. The van der Waals surface area contributed by atoms with Crippen molar-refractivity contribution in [1.82, 2.24) is 10.1 Å². The number of carbonyl (C=O) groups excluding carboxylic acids is 1. The van der Waals surface area contributed by atoms with Gasteiger partial charge in [0.2, 0.25) is 0 Å². The molecule has 0 saturated heterocycles. The zero-order valence-electron chi connectivity index (χ0n) is 14.8. The molecule has 2 aromatic heterocycles. The summed E-state index contributed by atoms with van der Waals surface area (Å²) in [6.07, 6.45) is 0. The number of aryl methyl sites for hydroxylation is 2. The number of pyridine rings is 1. The van der Waals surface area contributed by atoms with Gasteiger partial charge in [-0.15, -0.1) is 0 Å². The van der Waals surface area contributed by atoms with E-state index in [1.165, 1.54) is 0 Å². The number of aromatic nitrogens is 2. The number of hydrogen-bond acceptors (Lipinski definition) is 4. The van der Waals surface area contributed by atoms with E-state index in [1.807, 2.05) is 49.4 Å². The van der Waals surface area contributed by atoms with Crippen molar-refractivity contribution in [2.45, 2.75) is 13.8 Å². The molecule has 0 aliphatic heterocycles. The molecule has 27 heavy (non-hydrogen) atoms. The predicted octanol–water partition coefficient (Wildman–Crippen LogP) is 5.41. The Morgan fingerprint density at radius 2 is 1.85 bits per heavy atom. The number of hydrogen-bond donors (Lipinski definition) is 1. The van der Waals surface area contributed by atoms with Gasteiger partial charge in [-0.05, 0) is 37.6 Å². The van der Waals surface area contributed by atoms with Crippen LogP contribution in [-0.4, -0.2) is 16.0 Å². The zero-order valence-corrected chi connectivity index (χ0v) is 15.5. The minimum absolute atomic E-state index is 0.297. The van der Waals surface area contributed by atoms with E-state index < -0.39 is 0 Å². The Hall–Kier alpha value is -3.18. The van der Waals surface area contributed by atoms with Gasteiger partial charge >= 0.3 is 0 Å². The van der Waals surface area contributed by atoms with Crippen molar-refractivity contribution in [3.8, 4) is 11.1 Å². The van der Waals surface area contributed by atoms with Crippen LogP contribution in [0.1, 0.15) is 21.8 Å². The Morgan fingerprint density at radius 1 is 1.07 bits per heavy atom. The maximum absolute atomic E-state index is 13.1. The molecule has 0 spiro atoms. The average Bonchev–Trinajstić information content (AvgIpc) is 3.06. The molecular formula is C21H16ClN3O2. The molecular weight excluding hydrogens is 362 g/mol. The van der Waals surface area contributed by atoms with E-state index in [-0.39, 0.29) is 5.91 Å². The number of nitrogens with one attached hydrogen (secondary N) is 1. The summed E-state index contributed by atoms with van der Waals surface area (Å²) in [5, 5.41) is 8.04. The van der Waals surface area contributed by atoms with Gasteiger partial charge < -0.3 is 9.84 Å². The second-order valence-corrected chi connectivity index (χ2v) is 6.69. The Bertz CT molecular complexity index is 1150. The van der Waals surface area contributed by atoms with Gasteiger partial charge in [0.25, 0.3) is 5.91 Å². The third-order valence-corrected chi connectivity index (χ3v) is 4.52. The summed E-state index contributed by atoms with van der Waals surface area (Å²) in [6.45, 7) is 3.59. The number of nitrogens with zero attached hydrogens (tertiary/aromatic N) is 2. The lowest BCUT2D eigenvalue weighted by atomic mass is 9.94. The second-order valence-electron chi connectivity index (χ2n) is 6.25. The topological polar surface area (TPSA) is 68.0 Å². The van der Waals surface area contributed by atoms with Crippen molar-refractivity contribution in [3.05, 3.63) is 76.6 Å². The van der Waals surface area contributed by atoms with Gasteiger partial charge in [0.1, 0.15) is 5.76 Å². The smallest absolute Gasteiger partial charge is 0.259 e. The summed E-state index contributed by atoms with van der Waals surface area (Å²) in [6, 6.07) is 16.9. The second kappa shape index (κ2) is 6.85. The molecule has 0 unspecified atom stereocenters. The Morgan fingerprint density at radius 3 is 2.56 bits per heavy atom. The van der Waals surface area contributed by atoms with E-state index in [1.54, 1.807) is 19.1 Å². The van der Waals surface area contributed by atoms with Crippen molar-refractivity contribution >= 4 is 34.2 Å². The molecule has 0 aliphatic carbocycles. The fourth-order valence-corrected chi connectivity index (χ4v) is 3.32. The molecule has 0 fully saturated rings. The van der Waals surface area contributed by atoms with Gasteiger partial charge in [0, 0.05) is 22.0 Å². The van der Waals surface area contributed by atoms with E-state index in [0.29, 0.717) is 27.9 Å². The van der Waals surface area contributed by atoms with Crippen LogP contribution in [0.25, 0.3) is 22.0 Å². The van der Waals surface area contributed by atoms with Crippen LogP contribution in [0.2, 0.25) is 5.02 Å². The molecule has 0 bridgehead atoms. The van der Waals surface area contributed by atoms with Crippen LogP contribution >= 0.6 is 11.6 Å². The van der Waals surface area contributed by atoms with E-state index >= 15 is 0 Å². The van der Waals surface area contributed by atoms with Gasteiger partial charge in [-0.1, -0.05) is 47.1 Å². The normalized spacial score (nSPS) is 10.9. The van der Waals surface area contributed by atoms with Gasteiger partial charge in [-0.2, -0.15) is 0 Å². The zero-order chi connectivity index (χ0) is 19.0. The summed E-state index contributed by atoms with van der Waals surface area (Å²) < 4.78 is 5.03. The van der Waals surface area contributed by atoms with Crippen molar-refractivity contribution in [1.29, 1.82) is 0 Å². The summed E-state index contributed by atoms with van der Waals surface area (Å²) in [5.41, 5.74) is 3.60. The van der Waals surface area contributed by atoms with Crippen LogP contribution in [-0.2, 0) is 0 Å². The molecule has 2 heterocycles. The van der Waals surface area contributed by atoms with Gasteiger partial charge in [0.05, 0.1) is 16.8 Å². The summed E-state index contributed by atoms with van der Waals surface area (Å²) >= 11 is 6.23. The largest absolute Gasteiger partial charge is 0.360 e. The number of halogens is 1. The maximum Gasteiger partial charge on any atom is 0.259 e. The molecule has 1 amide bonds. The number of fused-ring (bicyclic) bond motifs is 1. The van der Waals surface area contributed by atoms with E-state index in [9.17, 15) is 4.79 Å². The highest BCUT2D eigenvalue weighted by molar-refractivity contribution is 6.31. The first-order valence-corrected chi connectivity index (χ1v) is 8.80. The highest BCUT2D eigenvalue weighted by Gasteiger charge is 2.21. The maximum atomic E-state index is 13.1. The van der Waals surface area contributed by atoms with Crippen LogP contribution < -0.4 is 5.32 Å². The lowest BCUT2D eigenvalue weighted by Gasteiger charge is -2.15. The molecule has 1 N–H and O–H groups in total. The van der Waals surface area contributed by atoms with E-state index in [4.69, 9.17) is 16.1 Å². The third kappa shape index (κ3) is 3.29. The van der Waals surface area contributed by atoms with Crippen molar-refractivity contribution < 1.29 is 9.32 Å².